The molecule has 0 saturated heterocycles. The number of anilines is 2. The minimum atomic E-state index is -4.32. The summed E-state index contributed by atoms with van der Waals surface area (Å²) in [6.45, 7) is -0.0416. The van der Waals surface area contributed by atoms with Crippen molar-refractivity contribution in [2.45, 2.75) is 23.3 Å². The molecule has 2 aromatic carbocycles. The number of hydrogen-bond donors (Lipinski definition) is 3. The van der Waals surface area contributed by atoms with Gasteiger partial charge < -0.3 is 10.4 Å². The molecule has 12 heteroatoms. The van der Waals surface area contributed by atoms with E-state index in [1.54, 1.807) is 0 Å². The molecule has 0 atom stereocenters. The van der Waals surface area contributed by atoms with Gasteiger partial charge in [0.1, 0.15) is 10.7 Å². The van der Waals surface area contributed by atoms with Crippen LogP contribution in [0.1, 0.15) is 24.0 Å². The third-order valence-electron chi connectivity index (χ3n) is 5.04. The lowest BCUT2D eigenvalue weighted by Gasteiger charge is -2.13. The molecule has 1 aliphatic rings. The van der Waals surface area contributed by atoms with Crippen molar-refractivity contribution < 1.29 is 22.3 Å². The number of aromatic nitrogens is 2. The van der Waals surface area contributed by atoms with E-state index in [-0.39, 0.29) is 27.1 Å². The van der Waals surface area contributed by atoms with E-state index in [1.807, 2.05) is 4.72 Å². The summed E-state index contributed by atoms with van der Waals surface area (Å²) >= 11 is 11.8. The highest BCUT2D eigenvalue weighted by atomic mass is 35.5. The van der Waals surface area contributed by atoms with Crippen molar-refractivity contribution in [3.63, 3.8) is 0 Å². The Bertz CT molecular complexity index is 1420. The highest BCUT2D eigenvalue weighted by Crippen LogP contribution is 2.37. The van der Waals surface area contributed by atoms with Crippen LogP contribution in [0.2, 0.25) is 10.0 Å². The summed E-state index contributed by atoms with van der Waals surface area (Å²) in [6, 6.07) is 5.62. The first-order valence-electron chi connectivity index (χ1n) is 9.81. The molecule has 3 N–H and O–H groups in total. The Morgan fingerprint density at radius 3 is 2.44 bits per heavy atom. The average molecular weight is 525 g/mol. The van der Waals surface area contributed by atoms with Crippen LogP contribution in [-0.2, 0) is 10.0 Å². The highest BCUT2D eigenvalue weighted by molar-refractivity contribution is 7.92. The lowest BCUT2D eigenvalue weighted by atomic mass is 10.1. The largest absolute Gasteiger partial charge is 0.394 e. The molecular weight excluding hydrogens is 509 g/mol. The van der Waals surface area contributed by atoms with Gasteiger partial charge in [0.25, 0.3) is 10.0 Å². The van der Waals surface area contributed by atoms with E-state index in [1.165, 1.54) is 24.5 Å². The first-order valence-corrected chi connectivity index (χ1v) is 12.1. The number of sulfonamides is 1. The van der Waals surface area contributed by atoms with Crippen molar-refractivity contribution in [3.8, 4) is 11.8 Å². The van der Waals surface area contributed by atoms with Crippen LogP contribution in [0.3, 0.4) is 0 Å². The number of halogens is 4. The van der Waals surface area contributed by atoms with Crippen molar-refractivity contribution in [2.75, 3.05) is 16.6 Å². The fourth-order valence-corrected chi connectivity index (χ4v) is 4.75. The molecule has 0 unspecified atom stereocenters. The number of aliphatic hydroxyl groups is 1. The fourth-order valence-electron chi connectivity index (χ4n) is 2.93. The SMILES string of the molecule is O=S(=O)(Nc1ccc(F)c(C#Cc2cnc(NC3(CO)CC3)nc2)c1F)c1cc(Cl)ccc1Cl. The Morgan fingerprint density at radius 1 is 1.09 bits per heavy atom. The van der Waals surface area contributed by atoms with Crippen LogP contribution in [0.15, 0.2) is 47.6 Å². The number of nitrogens with one attached hydrogen (secondary N) is 2. The molecule has 1 aliphatic carbocycles. The van der Waals surface area contributed by atoms with Crippen molar-refractivity contribution >= 4 is 44.9 Å². The van der Waals surface area contributed by atoms with Gasteiger partial charge in [0.05, 0.1) is 34.0 Å². The molecule has 1 saturated carbocycles. The van der Waals surface area contributed by atoms with E-state index in [0.29, 0.717) is 5.95 Å². The van der Waals surface area contributed by atoms with E-state index in [2.05, 4.69) is 27.1 Å². The van der Waals surface area contributed by atoms with Crippen molar-refractivity contribution in [3.05, 3.63) is 75.5 Å². The number of benzene rings is 2. The van der Waals surface area contributed by atoms with Gasteiger partial charge in [-0.25, -0.2) is 27.2 Å². The molecule has 0 amide bonds. The molecule has 0 spiro atoms. The second-order valence-corrected chi connectivity index (χ2v) is 10.1. The Morgan fingerprint density at radius 2 is 1.79 bits per heavy atom. The van der Waals surface area contributed by atoms with Gasteiger partial charge in [-0.2, -0.15) is 0 Å². The van der Waals surface area contributed by atoms with Gasteiger partial charge in [0, 0.05) is 17.4 Å². The zero-order valence-electron chi connectivity index (χ0n) is 17.2. The van der Waals surface area contributed by atoms with E-state index in [9.17, 15) is 22.3 Å². The summed E-state index contributed by atoms with van der Waals surface area (Å²) < 4.78 is 56.6. The molecule has 0 bridgehead atoms. The first kappa shape index (κ1) is 24.2. The standard InChI is InChI=1S/C22H16Cl2F2N4O3S/c23-14-2-4-16(24)19(9-14)34(32,33)30-18-6-5-17(25)15(20(18)26)3-1-13-10-27-21(28-11-13)29-22(12-31)7-8-22/h2,4-6,9-11,30-31H,7-8,12H2,(H,27,28,29). The molecule has 1 heterocycles. The Kier molecular flexibility index (Phi) is 6.64. The molecule has 1 aromatic heterocycles. The summed E-state index contributed by atoms with van der Waals surface area (Å²) in [6.07, 6.45) is 4.33. The number of nitrogens with zero attached hydrogens (tertiary/aromatic N) is 2. The Hall–Kier alpha value is -2.97. The predicted molar refractivity (Wildman–Crippen MR) is 124 cm³/mol. The molecule has 0 radical (unpaired) electrons. The number of rotatable bonds is 6. The highest BCUT2D eigenvalue weighted by Gasteiger charge is 2.42. The van der Waals surface area contributed by atoms with Crippen LogP contribution >= 0.6 is 23.2 Å². The minimum absolute atomic E-state index is 0.0416. The normalized spacial score (nSPS) is 14.1. The van der Waals surface area contributed by atoms with Gasteiger partial charge in [-0.3, -0.25) is 4.72 Å². The lowest BCUT2D eigenvalue weighted by Crippen LogP contribution is -2.26. The Balaban J connectivity index is 1.58. The predicted octanol–water partition coefficient (Wildman–Crippen LogP) is 4.20. The van der Waals surface area contributed by atoms with Gasteiger partial charge in [0.15, 0.2) is 5.82 Å². The number of hydrogen-bond acceptors (Lipinski definition) is 6. The van der Waals surface area contributed by atoms with E-state index >= 15 is 0 Å². The third-order valence-corrected chi connectivity index (χ3v) is 7.12. The second-order valence-electron chi connectivity index (χ2n) is 7.57. The van der Waals surface area contributed by atoms with Crippen LogP contribution in [0.4, 0.5) is 20.4 Å². The molecule has 0 aliphatic heterocycles. The summed E-state index contributed by atoms with van der Waals surface area (Å²) in [5.74, 6) is 3.02. The minimum Gasteiger partial charge on any atom is -0.394 e. The molecule has 4 rings (SSSR count). The van der Waals surface area contributed by atoms with Crippen LogP contribution in [-0.4, -0.2) is 35.6 Å². The number of aliphatic hydroxyl groups excluding tert-OH is 1. The van der Waals surface area contributed by atoms with Crippen LogP contribution < -0.4 is 10.0 Å². The average Bonchev–Trinajstić information content (AvgIpc) is 3.58. The van der Waals surface area contributed by atoms with Crippen molar-refractivity contribution in [1.29, 1.82) is 0 Å². The molecule has 3 aromatic rings. The molecule has 34 heavy (non-hydrogen) atoms. The summed E-state index contributed by atoms with van der Waals surface area (Å²) in [5.41, 5.74) is -1.29. The Labute approximate surface area is 204 Å². The maximum atomic E-state index is 15.0. The monoisotopic (exact) mass is 524 g/mol. The van der Waals surface area contributed by atoms with Crippen LogP contribution in [0.5, 0.6) is 0 Å². The van der Waals surface area contributed by atoms with Gasteiger partial charge in [0.2, 0.25) is 5.95 Å². The third kappa shape index (κ3) is 5.23. The van der Waals surface area contributed by atoms with Crippen LogP contribution in [0, 0.1) is 23.5 Å². The van der Waals surface area contributed by atoms with Gasteiger partial charge in [-0.1, -0.05) is 35.0 Å². The summed E-state index contributed by atoms with van der Waals surface area (Å²) in [7, 11) is -4.32. The molecule has 1 fully saturated rings. The molecular formula is C22H16Cl2F2N4O3S. The quantitative estimate of drug-likeness (QED) is 0.417. The van der Waals surface area contributed by atoms with Crippen LogP contribution in [0.25, 0.3) is 0 Å². The summed E-state index contributed by atoms with van der Waals surface area (Å²) in [4.78, 5) is 7.81. The lowest BCUT2D eigenvalue weighted by molar-refractivity contribution is 0.265. The topological polar surface area (TPSA) is 104 Å². The molecule has 176 valence electrons. The smallest absolute Gasteiger partial charge is 0.263 e. The van der Waals surface area contributed by atoms with E-state index in [4.69, 9.17) is 23.2 Å². The van der Waals surface area contributed by atoms with E-state index in [0.717, 1.165) is 31.0 Å². The van der Waals surface area contributed by atoms with Gasteiger partial charge in [-0.15, -0.1) is 0 Å². The maximum Gasteiger partial charge on any atom is 0.263 e. The second kappa shape index (κ2) is 9.35. The van der Waals surface area contributed by atoms with Crippen molar-refractivity contribution in [1.82, 2.24) is 9.97 Å². The van der Waals surface area contributed by atoms with Gasteiger partial charge in [-0.05, 0) is 43.2 Å². The zero-order chi connectivity index (χ0) is 24.5. The van der Waals surface area contributed by atoms with Crippen molar-refractivity contribution in [2.24, 2.45) is 0 Å². The first-order chi connectivity index (χ1) is 16.1. The van der Waals surface area contributed by atoms with Gasteiger partial charge >= 0.3 is 0 Å². The van der Waals surface area contributed by atoms with E-state index < -0.39 is 38.4 Å². The maximum absolute atomic E-state index is 15.0. The molecule has 7 nitrogen and oxygen atoms in total. The summed E-state index contributed by atoms with van der Waals surface area (Å²) in [5, 5.41) is 12.4. The fraction of sp³-hybridized carbons (Fsp3) is 0.182. The zero-order valence-corrected chi connectivity index (χ0v) is 19.6.